The van der Waals surface area contributed by atoms with Crippen LogP contribution in [0.15, 0.2) is 23.1 Å². The maximum Gasteiger partial charge on any atom is 0.310 e. The molecule has 1 fully saturated rings. The molecule has 22 heavy (non-hydrogen) atoms. The third kappa shape index (κ3) is 3.74. The number of hydrogen-bond donors (Lipinski definition) is 1. The topological polar surface area (TPSA) is 88.5 Å². The summed E-state index contributed by atoms with van der Waals surface area (Å²) in [6.07, 6.45) is 3.27. The van der Waals surface area contributed by atoms with E-state index in [4.69, 9.17) is 0 Å². The van der Waals surface area contributed by atoms with Crippen molar-refractivity contribution in [2.24, 2.45) is 5.92 Å². The van der Waals surface area contributed by atoms with Gasteiger partial charge in [-0.2, -0.15) is 0 Å². The van der Waals surface area contributed by atoms with Crippen LogP contribution in [-0.4, -0.2) is 31.5 Å². The van der Waals surface area contributed by atoms with Gasteiger partial charge in [0, 0.05) is 19.1 Å². The SMILES string of the molecule is Cc1cc([C@@H](C[C@H]2CCC(=O)C2)C(=O)O)ccc1S(C)(=O)=O. The predicted molar refractivity (Wildman–Crippen MR) is 81.6 cm³/mol. The number of benzene rings is 1. The molecule has 2 atom stereocenters. The molecular formula is C16H20O5S. The molecule has 0 amide bonds. The number of carboxylic acid groups (broad SMARTS) is 1. The van der Waals surface area contributed by atoms with E-state index < -0.39 is 21.7 Å². The molecule has 1 aromatic rings. The van der Waals surface area contributed by atoms with E-state index in [9.17, 15) is 23.1 Å². The summed E-state index contributed by atoms with van der Waals surface area (Å²) in [5, 5.41) is 9.47. The maximum absolute atomic E-state index is 11.6. The number of carboxylic acids is 1. The van der Waals surface area contributed by atoms with Crippen LogP contribution < -0.4 is 0 Å². The fourth-order valence-corrected chi connectivity index (χ4v) is 4.07. The van der Waals surface area contributed by atoms with Crippen molar-refractivity contribution in [3.05, 3.63) is 29.3 Å². The molecule has 1 saturated carbocycles. The van der Waals surface area contributed by atoms with Gasteiger partial charge < -0.3 is 5.11 Å². The average Bonchev–Trinajstić information content (AvgIpc) is 2.79. The van der Waals surface area contributed by atoms with Gasteiger partial charge in [-0.05, 0) is 42.9 Å². The van der Waals surface area contributed by atoms with Crippen LogP contribution in [0.25, 0.3) is 0 Å². The second-order valence-electron chi connectivity index (χ2n) is 6.07. The Morgan fingerprint density at radius 1 is 1.41 bits per heavy atom. The highest BCUT2D eigenvalue weighted by molar-refractivity contribution is 7.90. The largest absolute Gasteiger partial charge is 0.481 e. The van der Waals surface area contributed by atoms with Crippen LogP contribution >= 0.6 is 0 Å². The molecule has 0 aromatic heterocycles. The number of carbonyl (C=O) groups excluding carboxylic acids is 1. The highest BCUT2D eigenvalue weighted by Crippen LogP contribution is 2.33. The van der Waals surface area contributed by atoms with Crippen molar-refractivity contribution >= 4 is 21.6 Å². The smallest absolute Gasteiger partial charge is 0.310 e. The van der Waals surface area contributed by atoms with Gasteiger partial charge in [0.05, 0.1) is 10.8 Å². The van der Waals surface area contributed by atoms with Crippen LogP contribution in [0.3, 0.4) is 0 Å². The minimum absolute atomic E-state index is 0.100. The molecule has 1 aliphatic rings. The van der Waals surface area contributed by atoms with E-state index in [1.165, 1.54) is 6.07 Å². The van der Waals surface area contributed by atoms with Gasteiger partial charge in [-0.3, -0.25) is 9.59 Å². The second kappa shape index (κ2) is 6.20. The van der Waals surface area contributed by atoms with Crippen LogP contribution in [0.1, 0.15) is 42.7 Å². The summed E-state index contributed by atoms with van der Waals surface area (Å²) in [7, 11) is -3.32. The Balaban J connectivity index is 2.27. The van der Waals surface area contributed by atoms with E-state index in [-0.39, 0.29) is 16.6 Å². The highest BCUT2D eigenvalue weighted by atomic mass is 32.2. The van der Waals surface area contributed by atoms with Gasteiger partial charge in [0.15, 0.2) is 9.84 Å². The van der Waals surface area contributed by atoms with Crippen LogP contribution in [0.2, 0.25) is 0 Å². The van der Waals surface area contributed by atoms with Crippen LogP contribution in [0, 0.1) is 12.8 Å². The number of hydrogen-bond acceptors (Lipinski definition) is 4. The first kappa shape index (κ1) is 16.7. The minimum Gasteiger partial charge on any atom is -0.481 e. The first-order valence-corrected chi connectivity index (χ1v) is 9.12. The first-order chi connectivity index (χ1) is 10.2. The third-order valence-electron chi connectivity index (χ3n) is 4.22. The Morgan fingerprint density at radius 3 is 2.55 bits per heavy atom. The van der Waals surface area contributed by atoms with Gasteiger partial charge in [-0.1, -0.05) is 12.1 Å². The molecule has 0 heterocycles. The Hall–Kier alpha value is -1.69. The zero-order valence-electron chi connectivity index (χ0n) is 12.7. The van der Waals surface area contributed by atoms with Crippen LogP contribution in [0.5, 0.6) is 0 Å². The summed E-state index contributed by atoms with van der Waals surface area (Å²) >= 11 is 0. The summed E-state index contributed by atoms with van der Waals surface area (Å²) < 4.78 is 23.3. The van der Waals surface area contributed by atoms with Gasteiger partial charge in [0.25, 0.3) is 0 Å². The lowest BCUT2D eigenvalue weighted by Crippen LogP contribution is -2.16. The molecule has 0 radical (unpaired) electrons. The number of aliphatic carboxylic acids is 1. The Bertz CT molecular complexity index is 705. The van der Waals surface area contributed by atoms with Crippen LogP contribution in [0.4, 0.5) is 0 Å². The third-order valence-corrected chi connectivity index (χ3v) is 5.47. The van der Waals surface area contributed by atoms with E-state index in [0.29, 0.717) is 30.4 Å². The average molecular weight is 324 g/mol. The van der Waals surface area contributed by atoms with Crippen molar-refractivity contribution in [2.75, 3.05) is 6.26 Å². The van der Waals surface area contributed by atoms with Crippen molar-refractivity contribution in [2.45, 2.75) is 43.4 Å². The van der Waals surface area contributed by atoms with Crippen molar-refractivity contribution in [3.63, 3.8) is 0 Å². The molecule has 0 spiro atoms. The quantitative estimate of drug-likeness (QED) is 0.898. The van der Waals surface area contributed by atoms with Crippen molar-refractivity contribution in [3.8, 4) is 0 Å². The molecule has 6 heteroatoms. The summed E-state index contributed by atoms with van der Waals surface area (Å²) in [6.45, 7) is 1.66. The van der Waals surface area contributed by atoms with E-state index in [2.05, 4.69) is 0 Å². The molecule has 1 aliphatic carbocycles. The van der Waals surface area contributed by atoms with E-state index >= 15 is 0 Å². The summed E-state index contributed by atoms with van der Waals surface area (Å²) in [6, 6.07) is 4.67. The van der Waals surface area contributed by atoms with Crippen molar-refractivity contribution < 1.29 is 23.1 Å². The fraction of sp³-hybridized carbons (Fsp3) is 0.500. The van der Waals surface area contributed by atoms with Crippen molar-refractivity contribution in [1.82, 2.24) is 0 Å². The summed E-state index contributed by atoms with van der Waals surface area (Å²) in [4.78, 5) is 23.1. The number of Topliss-reactive ketones (excluding diaryl/α,β-unsaturated/α-hetero) is 1. The fourth-order valence-electron chi connectivity index (χ4n) is 3.11. The molecule has 120 valence electrons. The Labute approximate surface area is 130 Å². The molecule has 1 N–H and O–H groups in total. The predicted octanol–water partition coefficient (Wildman–Crippen LogP) is 2.33. The molecule has 0 bridgehead atoms. The van der Waals surface area contributed by atoms with Gasteiger partial charge in [0.2, 0.25) is 0 Å². The Morgan fingerprint density at radius 2 is 2.09 bits per heavy atom. The van der Waals surface area contributed by atoms with E-state index in [1.54, 1.807) is 19.1 Å². The molecule has 2 rings (SSSR count). The highest BCUT2D eigenvalue weighted by Gasteiger charge is 2.29. The van der Waals surface area contributed by atoms with Crippen molar-refractivity contribution in [1.29, 1.82) is 0 Å². The number of rotatable bonds is 5. The number of carbonyl (C=O) groups is 2. The lowest BCUT2D eigenvalue weighted by molar-refractivity contribution is -0.139. The molecular weight excluding hydrogens is 304 g/mol. The molecule has 0 aliphatic heterocycles. The number of sulfone groups is 1. The zero-order chi connectivity index (χ0) is 16.5. The van der Waals surface area contributed by atoms with Gasteiger partial charge >= 0.3 is 5.97 Å². The van der Waals surface area contributed by atoms with Gasteiger partial charge in [0.1, 0.15) is 5.78 Å². The second-order valence-corrected chi connectivity index (χ2v) is 8.06. The van der Waals surface area contributed by atoms with E-state index in [0.717, 1.165) is 12.7 Å². The first-order valence-electron chi connectivity index (χ1n) is 7.23. The number of ketones is 1. The molecule has 1 aromatic carbocycles. The minimum atomic E-state index is -3.32. The summed E-state index contributed by atoms with van der Waals surface area (Å²) in [5.74, 6) is -1.35. The Kier molecular flexibility index (Phi) is 4.70. The maximum atomic E-state index is 11.6. The monoisotopic (exact) mass is 324 g/mol. The zero-order valence-corrected chi connectivity index (χ0v) is 13.5. The van der Waals surface area contributed by atoms with Gasteiger partial charge in [-0.25, -0.2) is 8.42 Å². The van der Waals surface area contributed by atoms with Crippen LogP contribution in [-0.2, 0) is 19.4 Å². The molecule has 5 nitrogen and oxygen atoms in total. The lowest BCUT2D eigenvalue weighted by Gasteiger charge is -2.18. The lowest BCUT2D eigenvalue weighted by atomic mass is 9.87. The number of aryl methyl sites for hydroxylation is 1. The normalized spacial score (nSPS) is 20.1. The van der Waals surface area contributed by atoms with E-state index in [1.807, 2.05) is 0 Å². The summed E-state index contributed by atoms with van der Waals surface area (Å²) in [5.41, 5.74) is 1.14. The standard InChI is InChI=1S/C16H20O5S/c1-10-7-12(4-6-15(10)22(2,20)21)14(16(18)19)9-11-3-5-13(17)8-11/h4,6-7,11,14H,3,5,8-9H2,1-2H3,(H,18,19)/t11-,14+/m0/s1. The van der Waals surface area contributed by atoms with Gasteiger partial charge in [-0.15, -0.1) is 0 Å². The molecule has 0 saturated heterocycles. The molecule has 0 unspecified atom stereocenters.